The second-order valence-corrected chi connectivity index (χ2v) is 6.16. The third kappa shape index (κ3) is 2.61. The first-order valence-corrected chi connectivity index (χ1v) is 7.89. The van der Waals surface area contributed by atoms with Gasteiger partial charge in [-0.25, -0.2) is 0 Å². The molecule has 4 rings (SSSR count). The van der Waals surface area contributed by atoms with Gasteiger partial charge in [-0.3, -0.25) is 0 Å². The molecular weight excluding hydrogens is 340 g/mol. The summed E-state index contributed by atoms with van der Waals surface area (Å²) in [6, 6.07) is 18.2. The minimum atomic E-state index is 0.160. The summed E-state index contributed by atoms with van der Waals surface area (Å²) in [4.78, 5) is 8.96. The van der Waals surface area contributed by atoms with Gasteiger partial charge in [0, 0.05) is 0 Å². The Bertz CT molecular complexity index is 951. The number of hydrogen-bond acceptors (Lipinski definition) is 4. The molecule has 23 heavy (non-hydrogen) atoms. The summed E-state index contributed by atoms with van der Waals surface area (Å²) >= 11 is 1.50. The number of phenols is 2. The Balaban J connectivity index is 1.75. The van der Waals surface area contributed by atoms with Crippen molar-refractivity contribution in [1.29, 1.82) is 0 Å². The van der Waals surface area contributed by atoms with E-state index >= 15 is 0 Å². The Morgan fingerprint density at radius 1 is 0.609 bits per heavy atom. The van der Waals surface area contributed by atoms with E-state index in [-0.39, 0.29) is 11.5 Å². The van der Waals surface area contributed by atoms with Gasteiger partial charge in [-0.1, -0.05) is 0 Å². The van der Waals surface area contributed by atoms with Gasteiger partial charge in [0.1, 0.15) is 0 Å². The van der Waals surface area contributed by atoms with E-state index in [1.165, 1.54) is 15.0 Å². The van der Waals surface area contributed by atoms with Gasteiger partial charge in [0.2, 0.25) is 0 Å². The molecule has 0 fully saturated rings. The molecule has 0 amide bonds. The van der Waals surface area contributed by atoms with Crippen molar-refractivity contribution in [3.63, 3.8) is 0 Å². The Hall–Kier alpha value is -2.62. The molecule has 0 aliphatic heterocycles. The van der Waals surface area contributed by atoms with Crippen molar-refractivity contribution < 1.29 is 25.2 Å². The van der Waals surface area contributed by atoms with Crippen LogP contribution < -0.4 is 9.18 Å². The number of nitrogens with zero attached hydrogens (tertiary/aromatic N) is 2. The van der Waals surface area contributed by atoms with Crippen LogP contribution in [0.2, 0.25) is 0 Å². The summed E-state index contributed by atoms with van der Waals surface area (Å²) in [5.41, 5.74) is 1.14. The van der Waals surface area contributed by atoms with Crippen LogP contribution in [0.3, 0.4) is 0 Å². The van der Waals surface area contributed by atoms with E-state index in [9.17, 15) is 10.2 Å². The van der Waals surface area contributed by atoms with Crippen LogP contribution in [-0.2, 0) is 15.0 Å². The van der Waals surface area contributed by atoms with Crippen LogP contribution >= 0.6 is 0 Å². The summed E-state index contributed by atoms with van der Waals surface area (Å²) in [6.07, 6.45) is 0. The Labute approximate surface area is 138 Å². The fourth-order valence-electron chi connectivity index (χ4n) is 2.35. The molecule has 0 saturated carbocycles. The molecule has 2 heterocycles. The number of pyridine rings is 2. The first kappa shape index (κ1) is 14.0. The quantitative estimate of drug-likeness (QED) is 0.543. The maximum absolute atomic E-state index is 9.92. The SMILES string of the molecule is Oc1cccc2cc[c]([Cu][c]3ccc4cccc(O)c4n3)nc12. The third-order valence-corrected chi connectivity index (χ3v) is 4.45. The number of phenolic OH excluding ortho intramolecular Hbond substituents is 2. The Morgan fingerprint density at radius 3 is 1.57 bits per heavy atom. The van der Waals surface area contributed by atoms with Gasteiger partial charge >= 0.3 is 138 Å². The van der Waals surface area contributed by atoms with E-state index in [0.717, 1.165) is 20.0 Å². The second-order valence-electron chi connectivity index (χ2n) is 4.96. The molecular formula is C18H12CuN2O2. The fraction of sp³-hybridized carbons (Fsp3) is 0. The predicted molar refractivity (Wildman–Crippen MR) is 86.1 cm³/mol. The van der Waals surface area contributed by atoms with Crippen molar-refractivity contribution in [2.24, 2.45) is 0 Å². The monoisotopic (exact) mass is 351 g/mol. The van der Waals surface area contributed by atoms with Crippen molar-refractivity contribution in [3.05, 3.63) is 60.7 Å². The first-order valence-electron chi connectivity index (χ1n) is 6.95. The molecule has 117 valence electrons. The van der Waals surface area contributed by atoms with Gasteiger partial charge < -0.3 is 0 Å². The van der Waals surface area contributed by atoms with Gasteiger partial charge in [0.05, 0.1) is 0 Å². The molecule has 4 nitrogen and oxygen atoms in total. The van der Waals surface area contributed by atoms with Crippen molar-refractivity contribution in [2.75, 3.05) is 0 Å². The van der Waals surface area contributed by atoms with E-state index in [1.807, 2.05) is 36.4 Å². The van der Waals surface area contributed by atoms with Crippen LogP contribution in [0.4, 0.5) is 0 Å². The summed E-state index contributed by atoms with van der Waals surface area (Å²) in [5, 5.41) is 21.6. The molecule has 0 aliphatic carbocycles. The van der Waals surface area contributed by atoms with Crippen LogP contribution in [0.15, 0.2) is 60.7 Å². The summed E-state index contributed by atoms with van der Waals surface area (Å²) < 4.78 is 1.45. The maximum atomic E-state index is 9.92. The zero-order valence-electron chi connectivity index (χ0n) is 11.9. The molecule has 0 bridgehead atoms. The van der Waals surface area contributed by atoms with Crippen LogP contribution in [0.5, 0.6) is 11.5 Å². The van der Waals surface area contributed by atoms with Crippen LogP contribution in [0.25, 0.3) is 21.8 Å². The fourth-order valence-corrected chi connectivity index (χ4v) is 3.23. The summed E-state index contributed by atoms with van der Waals surface area (Å²) in [5.74, 6) is 0.319. The Kier molecular flexibility index (Phi) is 3.37. The topological polar surface area (TPSA) is 66.2 Å². The van der Waals surface area contributed by atoms with Gasteiger partial charge in [-0.2, -0.15) is 0 Å². The van der Waals surface area contributed by atoms with Gasteiger partial charge in [0.25, 0.3) is 0 Å². The molecule has 2 N–H and O–H groups in total. The molecule has 0 saturated heterocycles. The molecule has 0 unspecified atom stereocenters. The van der Waals surface area contributed by atoms with Crippen LogP contribution in [0.1, 0.15) is 0 Å². The van der Waals surface area contributed by atoms with E-state index < -0.39 is 0 Å². The molecule has 2 aromatic heterocycles. The van der Waals surface area contributed by atoms with Crippen molar-refractivity contribution in [2.45, 2.75) is 0 Å². The zero-order chi connectivity index (χ0) is 15.8. The van der Waals surface area contributed by atoms with Crippen molar-refractivity contribution in [1.82, 2.24) is 9.97 Å². The minimum absolute atomic E-state index is 0.160. The standard InChI is InChI=1S/2C9H6NO.Cu/c2*11-8-5-1-3-7-4-2-6-10-9(7)8;/h2*1-5,11H;. The number of rotatable bonds is 2. The van der Waals surface area contributed by atoms with Gasteiger partial charge in [0.15, 0.2) is 0 Å². The molecule has 0 aliphatic rings. The van der Waals surface area contributed by atoms with E-state index in [2.05, 4.69) is 9.97 Å². The molecule has 0 atom stereocenters. The van der Waals surface area contributed by atoms with Crippen LogP contribution in [0, 0.1) is 0 Å². The molecule has 4 aromatic rings. The number of benzene rings is 2. The summed E-state index contributed by atoms with van der Waals surface area (Å²) in [7, 11) is 0. The molecule has 0 radical (unpaired) electrons. The Morgan fingerprint density at radius 2 is 1.09 bits per heavy atom. The van der Waals surface area contributed by atoms with Crippen molar-refractivity contribution in [3.8, 4) is 11.5 Å². The number of aromatic hydroxyl groups is 2. The number of aromatic nitrogens is 2. The molecule has 2 aromatic carbocycles. The van der Waals surface area contributed by atoms with Crippen LogP contribution in [-0.4, -0.2) is 20.2 Å². The number of fused-ring (bicyclic) bond motifs is 2. The van der Waals surface area contributed by atoms with E-state index in [0.29, 0.717) is 11.0 Å². The predicted octanol–water partition coefficient (Wildman–Crippen LogP) is 2.23. The number of hydrogen-bond donors (Lipinski definition) is 2. The number of para-hydroxylation sites is 2. The first-order chi connectivity index (χ1) is 11.2. The van der Waals surface area contributed by atoms with E-state index in [4.69, 9.17) is 0 Å². The average Bonchev–Trinajstić information content (AvgIpc) is 2.56. The van der Waals surface area contributed by atoms with Gasteiger partial charge in [-0.15, -0.1) is 0 Å². The van der Waals surface area contributed by atoms with E-state index in [1.54, 1.807) is 24.3 Å². The zero-order valence-corrected chi connectivity index (χ0v) is 12.8. The molecule has 5 heteroatoms. The molecule has 0 spiro atoms. The average molecular weight is 352 g/mol. The third-order valence-electron chi connectivity index (χ3n) is 3.44. The van der Waals surface area contributed by atoms with Crippen molar-refractivity contribution >= 4 is 31.0 Å². The second kappa shape index (κ2) is 5.54. The van der Waals surface area contributed by atoms with Gasteiger partial charge in [-0.05, 0) is 0 Å². The normalized spacial score (nSPS) is 11.3. The summed E-state index contributed by atoms with van der Waals surface area (Å²) in [6.45, 7) is 0.